The average molecular weight is 482 g/mol. The summed E-state index contributed by atoms with van der Waals surface area (Å²) in [6.07, 6.45) is -2.48. The van der Waals surface area contributed by atoms with Gasteiger partial charge in [0.2, 0.25) is 0 Å². The minimum absolute atomic E-state index is 0.0256. The third-order valence-corrected chi connectivity index (χ3v) is 6.37. The van der Waals surface area contributed by atoms with Gasteiger partial charge in [0.1, 0.15) is 5.75 Å². The van der Waals surface area contributed by atoms with Gasteiger partial charge < -0.3 is 15.2 Å². The summed E-state index contributed by atoms with van der Waals surface area (Å²) < 4.78 is 45.2. The van der Waals surface area contributed by atoms with Crippen molar-refractivity contribution < 1.29 is 32.6 Å². The molecule has 6 nitrogen and oxygen atoms in total. The Labute approximate surface area is 198 Å². The molecule has 9 heteroatoms. The molecule has 2 N–H and O–H groups in total. The number of nitrogens with one attached hydrogen (secondary N) is 1. The van der Waals surface area contributed by atoms with Gasteiger partial charge in [0.05, 0.1) is 22.4 Å². The second kappa shape index (κ2) is 8.33. The van der Waals surface area contributed by atoms with E-state index in [0.29, 0.717) is 37.2 Å². The van der Waals surface area contributed by atoms with Crippen LogP contribution in [0.25, 0.3) is 0 Å². The molecule has 35 heavy (non-hydrogen) atoms. The van der Waals surface area contributed by atoms with Crippen molar-refractivity contribution in [2.45, 2.75) is 31.0 Å². The fourth-order valence-corrected chi connectivity index (χ4v) is 4.38. The Bertz CT molecular complexity index is 1300. The van der Waals surface area contributed by atoms with E-state index in [0.717, 1.165) is 23.3 Å². The molecule has 0 aromatic heterocycles. The van der Waals surface area contributed by atoms with Gasteiger partial charge in [-0.3, -0.25) is 4.90 Å². The monoisotopic (exact) mass is 482 g/mol. The number of rotatable bonds is 5. The first-order valence-electron chi connectivity index (χ1n) is 11.1. The van der Waals surface area contributed by atoms with Crippen LogP contribution in [0.15, 0.2) is 66.7 Å². The van der Waals surface area contributed by atoms with Crippen LogP contribution in [0.5, 0.6) is 11.5 Å². The number of carbonyl (C=O) groups is 2. The molecule has 3 aromatic carbocycles. The maximum atomic E-state index is 13.3. The number of halogens is 3. The smallest absolute Gasteiger partial charge is 0.416 e. The van der Waals surface area contributed by atoms with Gasteiger partial charge in [-0.1, -0.05) is 30.3 Å². The number of hydrogen-bond donors (Lipinski definition) is 2. The molecule has 1 fully saturated rings. The number of anilines is 1. The van der Waals surface area contributed by atoms with E-state index in [9.17, 15) is 22.8 Å². The molecule has 0 bridgehead atoms. The van der Waals surface area contributed by atoms with Crippen LogP contribution in [0.3, 0.4) is 0 Å². The van der Waals surface area contributed by atoms with E-state index in [2.05, 4.69) is 5.32 Å². The standard InChI is InChI=1S/C26H21F3N2O4/c27-26(28,29)19-4-2-5-20(15-19)35-21-6-1-3-16-11-14-31(22(16)21)24(34)30-25(12-13-25)18-9-7-17(8-10-18)23(32)33/h1-10,15H,11-14H2,(H,30,34)(H,32,33). The summed E-state index contributed by atoms with van der Waals surface area (Å²) in [6, 6.07) is 15.9. The minimum atomic E-state index is -4.49. The molecule has 5 rings (SSSR count). The molecule has 0 unspecified atom stereocenters. The SMILES string of the molecule is O=C(O)c1ccc(C2(NC(=O)N3CCc4cccc(Oc5cccc(C(F)(F)F)c5)c43)CC2)cc1. The van der Waals surface area contributed by atoms with E-state index in [1.165, 1.54) is 24.3 Å². The molecular formula is C26H21F3N2O4. The van der Waals surface area contributed by atoms with Gasteiger partial charge in [-0.15, -0.1) is 0 Å². The van der Waals surface area contributed by atoms with Crippen molar-refractivity contribution in [1.29, 1.82) is 0 Å². The van der Waals surface area contributed by atoms with E-state index < -0.39 is 23.2 Å². The Morgan fingerprint density at radius 3 is 2.37 bits per heavy atom. The lowest BCUT2D eigenvalue weighted by molar-refractivity contribution is -0.137. The van der Waals surface area contributed by atoms with Crippen molar-refractivity contribution in [3.05, 3.63) is 89.0 Å². The fraction of sp³-hybridized carbons (Fsp3) is 0.231. The van der Waals surface area contributed by atoms with Crippen LogP contribution in [0.1, 0.15) is 39.9 Å². The van der Waals surface area contributed by atoms with Gasteiger partial charge >= 0.3 is 18.2 Å². The van der Waals surface area contributed by atoms with Crippen LogP contribution >= 0.6 is 0 Å². The van der Waals surface area contributed by atoms with E-state index in [-0.39, 0.29) is 17.3 Å². The van der Waals surface area contributed by atoms with Crippen molar-refractivity contribution >= 4 is 17.7 Å². The first-order valence-corrected chi connectivity index (χ1v) is 11.1. The van der Waals surface area contributed by atoms with Gasteiger partial charge in [0.25, 0.3) is 0 Å². The molecule has 1 aliphatic heterocycles. The van der Waals surface area contributed by atoms with Crippen LogP contribution in [0.4, 0.5) is 23.7 Å². The van der Waals surface area contributed by atoms with Gasteiger partial charge in [-0.2, -0.15) is 13.2 Å². The summed E-state index contributed by atoms with van der Waals surface area (Å²) in [7, 11) is 0. The summed E-state index contributed by atoms with van der Waals surface area (Å²) in [5, 5.41) is 12.2. The Morgan fingerprint density at radius 1 is 1.00 bits per heavy atom. The Morgan fingerprint density at radius 2 is 1.71 bits per heavy atom. The molecule has 2 aliphatic rings. The van der Waals surface area contributed by atoms with Crippen LogP contribution in [0, 0.1) is 0 Å². The lowest BCUT2D eigenvalue weighted by Gasteiger charge is -2.25. The Balaban J connectivity index is 1.38. The third kappa shape index (κ3) is 4.41. The van der Waals surface area contributed by atoms with E-state index in [1.807, 2.05) is 6.07 Å². The Kier molecular flexibility index (Phi) is 5.42. The molecule has 0 radical (unpaired) electrons. The van der Waals surface area contributed by atoms with Crippen LogP contribution in [-0.4, -0.2) is 23.7 Å². The van der Waals surface area contributed by atoms with Gasteiger partial charge in [-0.25, -0.2) is 9.59 Å². The molecule has 180 valence electrons. The summed E-state index contributed by atoms with van der Waals surface area (Å²) in [4.78, 5) is 26.0. The number of carboxylic acids is 1. The second-order valence-electron chi connectivity index (χ2n) is 8.69. The number of para-hydroxylation sites is 1. The predicted molar refractivity (Wildman–Crippen MR) is 122 cm³/mol. The van der Waals surface area contributed by atoms with E-state index in [1.54, 1.807) is 29.2 Å². The first kappa shape index (κ1) is 22.8. The number of hydrogen-bond acceptors (Lipinski definition) is 3. The summed E-state index contributed by atoms with van der Waals surface area (Å²) in [6.45, 7) is 0.401. The highest BCUT2D eigenvalue weighted by Gasteiger charge is 2.47. The molecular weight excluding hydrogens is 461 g/mol. The van der Waals surface area contributed by atoms with Crippen molar-refractivity contribution in [2.24, 2.45) is 0 Å². The predicted octanol–water partition coefficient (Wildman–Crippen LogP) is 5.96. The van der Waals surface area contributed by atoms with Gasteiger partial charge in [0.15, 0.2) is 5.75 Å². The molecule has 3 aromatic rings. The highest BCUT2D eigenvalue weighted by molar-refractivity contribution is 5.97. The van der Waals surface area contributed by atoms with Gasteiger partial charge in [0, 0.05) is 6.54 Å². The topological polar surface area (TPSA) is 78.9 Å². The first-order chi connectivity index (χ1) is 16.7. The fourth-order valence-electron chi connectivity index (χ4n) is 4.38. The van der Waals surface area contributed by atoms with Crippen molar-refractivity contribution in [1.82, 2.24) is 5.32 Å². The summed E-state index contributed by atoms with van der Waals surface area (Å²) in [5.74, 6) is -0.699. The lowest BCUT2D eigenvalue weighted by Crippen LogP contribution is -2.44. The highest BCUT2D eigenvalue weighted by Crippen LogP contribution is 2.47. The number of ether oxygens (including phenoxy) is 1. The molecule has 1 heterocycles. The minimum Gasteiger partial charge on any atom is -0.478 e. The zero-order valence-corrected chi connectivity index (χ0v) is 18.4. The number of carbonyl (C=O) groups excluding carboxylic acids is 1. The number of nitrogens with zero attached hydrogens (tertiary/aromatic N) is 1. The number of fused-ring (bicyclic) bond motifs is 1. The third-order valence-electron chi connectivity index (χ3n) is 6.37. The number of amides is 2. The molecule has 1 aliphatic carbocycles. The second-order valence-corrected chi connectivity index (χ2v) is 8.69. The normalized spacial score (nSPS) is 15.9. The van der Waals surface area contributed by atoms with Crippen LogP contribution in [0.2, 0.25) is 0 Å². The number of alkyl halides is 3. The average Bonchev–Trinajstić information content (AvgIpc) is 3.47. The number of aromatic carboxylic acids is 1. The van der Waals surface area contributed by atoms with Crippen molar-refractivity contribution in [3.63, 3.8) is 0 Å². The zero-order chi connectivity index (χ0) is 24.8. The molecule has 0 atom stereocenters. The Hall–Kier alpha value is -4.01. The zero-order valence-electron chi connectivity index (χ0n) is 18.4. The number of carboxylic acid groups (broad SMARTS) is 1. The summed E-state index contributed by atoms with van der Waals surface area (Å²) in [5.41, 5.74) is 0.985. The van der Waals surface area contributed by atoms with Crippen molar-refractivity contribution in [3.8, 4) is 11.5 Å². The maximum absolute atomic E-state index is 13.3. The number of urea groups is 1. The maximum Gasteiger partial charge on any atom is 0.416 e. The number of benzene rings is 3. The quantitative estimate of drug-likeness (QED) is 0.471. The largest absolute Gasteiger partial charge is 0.478 e. The molecule has 1 saturated carbocycles. The molecule has 0 spiro atoms. The van der Waals surface area contributed by atoms with Gasteiger partial charge in [-0.05, 0) is 66.8 Å². The van der Waals surface area contributed by atoms with Crippen LogP contribution < -0.4 is 15.0 Å². The molecule has 2 amide bonds. The molecule has 0 saturated heterocycles. The van der Waals surface area contributed by atoms with Crippen LogP contribution in [-0.2, 0) is 18.1 Å². The van der Waals surface area contributed by atoms with Crippen molar-refractivity contribution in [2.75, 3.05) is 11.4 Å². The highest BCUT2D eigenvalue weighted by atomic mass is 19.4. The van der Waals surface area contributed by atoms with E-state index >= 15 is 0 Å². The lowest BCUT2D eigenvalue weighted by atomic mass is 10.0. The summed E-state index contributed by atoms with van der Waals surface area (Å²) >= 11 is 0. The van der Waals surface area contributed by atoms with E-state index in [4.69, 9.17) is 9.84 Å².